The number of fused-ring (bicyclic) bond motifs is 12. The maximum Gasteiger partial charge on any atom is 0.251 e. The summed E-state index contributed by atoms with van der Waals surface area (Å²) in [5.74, 6) is 0. The Balaban J connectivity index is 1.53. The summed E-state index contributed by atoms with van der Waals surface area (Å²) < 4.78 is 5.11. The zero-order chi connectivity index (χ0) is 26.4. The molecule has 2 aromatic heterocycles. The molecule has 2 nitrogen and oxygen atoms in total. The summed E-state index contributed by atoms with van der Waals surface area (Å²) in [6.45, 7) is 6.96. The Kier molecular flexibility index (Phi) is 3.62. The number of hydrogen-bond acceptors (Lipinski definition) is 0. The van der Waals surface area contributed by atoms with E-state index in [2.05, 4.69) is 127 Å². The number of imidazole rings is 1. The van der Waals surface area contributed by atoms with Crippen LogP contribution in [0.15, 0.2) is 97.1 Å². The summed E-state index contributed by atoms with van der Waals surface area (Å²) in [6, 6.07) is 36.9. The minimum absolute atomic E-state index is 0.175. The lowest BCUT2D eigenvalue weighted by Gasteiger charge is -2.33. The second kappa shape index (κ2) is 6.87. The molecule has 0 N–H and O–H groups in total. The zero-order valence-electron chi connectivity index (χ0n) is 22.7. The maximum absolute atomic E-state index is 2.56. The van der Waals surface area contributed by atoms with Crippen LogP contribution >= 0.6 is 0 Å². The normalized spacial score (nSPS) is 13.3. The smallest absolute Gasteiger partial charge is 0.251 e. The van der Waals surface area contributed by atoms with Gasteiger partial charge in [0, 0.05) is 11.1 Å². The molecule has 40 heavy (non-hydrogen) atoms. The summed E-state index contributed by atoms with van der Waals surface area (Å²) in [6.07, 6.45) is 0. The molecular weight excluding hydrogens is 483 g/mol. The van der Waals surface area contributed by atoms with Gasteiger partial charge in [0.05, 0.1) is 16.6 Å². The van der Waals surface area contributed by atoms with E-state index < -0.39 is 0 Å². The minimum Gasteiger partial charge on any atom is -0.295 e. The van der Waals surface area contributed by atoms with Gasteiger partial charge in [-0.2, -0.15) is 0 Å². The van der Waals surface area contributed by atoms with E-state index in [1.54, 1.807) is 0 Å². The molecule has 4 heterocycles. The molecule has 3 heteroatoms. The van der Waals surface area contributed by atoms with E-state index in [1.165, 1.54) is 99.0 Å². The first kappa shape index (κ1) is 21.1. The second-order valence-corrected chi connectivity index (χ2v) is 12.0. The molecule has 2 aliphatic heterocycles. The molecule has 0 amide bonds. The molecular formula is C37H25BN2. The van der Waals surface area contributed by atoms with E-state index in [-0.39, 0.29) is 6.71 Å². The highest BCUT2D eigenvalue weighted by Crippen LogP contribution is 2.41. The quantitative estimate of drug-likeness (QED) is 0.153. The van der Waals surface area contributed by atoms with Crippen LogP contribution in [0, 0.1) is 20.8 Å². The van der Waals surface area contributed by atoms with Crippen LogP contribution in [0.5, 0.6) is 0 Å². The number of nitrogens with zero attached hydrogens (tertiary/aromatic N) is 2. The summed E-state index contributed by atoms with van der Waals surface area (Å²) in [5.41, 5.74) is 17.6. The summed E-state index contributed by atoms with van der Waals surface area (Å²) in [5, 5.41) is 6.82. The zero-order valence-corrected chi connectivity index (χ0v) is 22.7. The Morgan fingerprint density at radius 3 is 2.25 bits per heavy atom. The van der Waals surface area contributed by atoms with Crippen molar-refractivity contribution >= 4 is 72.2 Å². The molecule has 8 aromatic rings. The van der Waals surface area contributed by atoms with E-state index in [0.717, 1.165) is 0 Å². The van der Waals surface area contributed by atoms with Crippen LogP contribution in [-0.2, 0) is 0 Å². The van der Waals surface area contributed by atoms with Gasteiger partial charge >= 0.3 is 0 Å². The van der Waals surface area contributed by atoms with Crippen LogP contribution in [0.1, 0.15) is 16.7 Å². The number of aromatic nitrogens is 2. The number of hydrogen-bond donors (Lipinski definition) is 0. The van der Waals surface area contributed by atoms with E-state index >= 15 is 0 Å². The van der Waals surface area contributed by atoms with Gasteiger partial charge in [0.15, 0.2) is 0 Å². The van der Waals surface area contributed by atoms with Gasteiger partial charge in [-0.05, 0) is 111 Å². The Morgan fingerprint density at radius 2 is 1.35 bits per heavy atom. The van der Waals surface area contributed by atoms with Crippen molar-refractivity contribution in [3.8, 4) is 16.8 Å². The van der Waals surface area contributed by atoms with Crippen molar-refractivity contribution in [2.45, 2.75) is 20.8 Å². The lowest BCUT2D eigenvalue weighted by molar-refractivity contribution is 1.15. The van der Waals surface area contributed by atoms with Gasteiger partial charge in [0.2, 0.25) is 0 Å². The van der Waals surface area contributed by atoms with Gasteiger partial charge in [-0.3, -0.25) is 8.97 Å². The Bertz CT molecular complexity index is 2470. The van der Waals surface area contributed by atoms with Crippen LogP contribution < -0.4 is 16.4 Å². The summed E-state index contributed by atoms with van der Waals surface area (Å²) in [4.78, 5) is 0. The molecule has 0 atom stereocenters. The lowest BCUT2D eigenvalue weighted by atomic mass is 9.32. The highest BCUT2D eigenvalue weighted by Gasteiger charge is 2.42. The van der Waals surface area contributed by atoms with Crippen LogP contribution in [0.2, 0.25) is 0 Å². The third kappa shape index (κ3) is 2.28. The van der Waals surface area contributed by atoms with Gasteiger partial charge in [0.25, 0.3) is 6.71 Å². The first-order chi connectivity index (χ1) is 19.6. The third-order valence-electron chi connectivity index (χ3n) is 9.64. The van der Waals surface area contributed by atoms with Crippen molar-refractivity contribution < 1.29 is 0 Å². The predicted molar refractivity (Wildman–Crippen MR) is 171 cm³/mol. The van der Waals surface area contributed by atoms with Crippen molar-refractivity contribution in [3.05, 3.63) is 114 Å². The fourth-order valence-electron chi connectivity index (χ4n) is 8.35. The number of rotatable bonds is 0. The van der Waals surface area contributed by atoms with Crippen molar-refractivity contribution in [1.29, 1.82) is 0 Å². The molecule has 0 radical (unpaired) electrons. The third-order valence-corrected chi connectivity index (χ3v) is 9.64. The Hall–Kier alpha value is -4.76. The molecule has 0 unspecified atom stereocenters. The van der Waals surface area contributed by atoms with E-state index in [0.29, 0.717) is 0 Å². The Labute approximate surface area is 232 Å². The Morgan fingerprint density at radius 1 is 0.575 bits per heavy atom. The number of aryl methyl sites for hydroxylation is 3. The van der Waals surface area contributed by atoms with Gasteiger partial charge < -0.3 is 0 Å². The van der Waals surface area contributed by atoms with Crippen molar-refractivity contribution in [2.24, 2.45) is 0 Å². The lowest BCUT2D eigenvalue weighted by Crippen LogP contribution is -2.58. The first-order valence-electron chi connectivity index (χ1n) is 14.2. The largest absolute Gasteiger partial charge is 0.295 e. The van der Waals surface area contributed by atoms with Gasteiger partial charge in [-0.25, -0.2) is 0 Å². The second-order valence-electron chi connectivity index (χ2n) is 12.0. The van der Waals surface area contributed by atoms with Gasteiger partial charge in [-0.15, -0.1) is 0 Å². The van der Waals surface area contributed by atoms with E-state index in [9.17, 15) is 0 Å². The molecule has 2 aliphatic rings. The average molecular weight is 508 g/mol. The van der Waals surface area contributed by atoms with Crippen LogP contribution in [0.25, 0.3) is 65.9 Å². The molecule has 0 bridgehead atoms. The summed E-state index contributed by atoms with van der Waals surface area (Å²) >= 11 is 0. The molecule has 10 rings (SSSR count). The van der Waals surface area contributed by atoms with Crippen LogP contribution in [-0.4, -0.2) is 15.7 Å². The SMILES string of the molecule is Cc1cc2c3c(c1)-n1c4ccccc4n4c5cc(C)cc(C)c5c(c14)B3c1cccc3c1c-2cc1ccccc13. The molecule has 0 spiro atoms. The fraction of sp³-hybridized carbons (Fsp3) is 0.0811. The van der Waals surface area contributed by atoms with Crippen molar-refractivity contribution in [1.82, 2.24) is 8.97 Å². The van der Waals surface area contributed by atoms with E-state index in [4.69, 9.17) is 0 Å². The molecule has 0 saturated carbocycles. The monoisotopic (exact) mass is 508 g/mol. The molecule has 6 aromatic carbocycles. The van der Waals surface area contributed by atoms with Crippen molar-refractivity contribution in [2.75, 3.05) is 0 Å². The fourth-order valence-corrected chi connectivity index (χ4v) is 8.35. The molecule has 186 valence electrons. The van der Waals surface area contributed by atoms with Crippen LogP contribution in [0.4, 0.5) is 0 Å². The summed E-state index contributed by atoms with van der Waals surface area (Å²) in [7, 11) is 0. The van der Waals surface area contributed by atoms with Crippen molar-refractivity contribution in [3.63, 3.8) is 0 Å². The molecule has 0 saturated heterocycles. The topological polar surface area (TPSA) is 9.34 Å². The highest BCUT2D eigenvalue weighted by molar-refractivity contribution is 7.02. The van der Waals surface area contributed by atoms with Gasteiger partial charge in [-0.1, -0.05) is 72.2 Å². The van der Waals surface area contributed by atoms with Crippen LogP contribution in [0.3, 0.4) is 0 Å². The maximum atomic E-state index is 2.56. The van der Waals surface area contributed by atoms with Gasteiger partial charge in [0.1, 0.15) is 5.65 Å². The highest BCUT2D eigenvalue weighted by atomic mass is 15.1. The molecule has 0 fully saturated rings. The number of benzene rings is 6. The average Bonchev–Trinajstić information content (AvgIpc) is 3.48. The standard InChI is InChI=1S/C37H25BN2/c1-20-15-22(3)33-31(17-20)39-29-13-6-7-14-30(29)40-32-18-21(2)16-27-26-19-23-9-4-5-10-24(23)25-11-8-12-28(34(25)26)38(35(27)32)36(33)37(39)40/h4-19H,1-3H3. The van der Waals surface area contributed by atoms with E-state index in [1.807, 2.05) is 0 Å². The number of para-hydroxylation sites is 2. The molecule has 0 aliphatic carbocycles. The minimum atomic E-state index is 0.175. The predicted octanol–water partition coefficient (Wildman–Crippen LogP) is 7.08. The first-order valence-corrected chi connectivity index (χ1v) is 14.2.